The van der Waals surface area contributed by atoms with Gasteiger partial charge in [0.25, 0.3) is 5.91 Å². The second kappa shape index (κ2) is 5.35. The molecule has 1 saturated heterocycles. The zero-order valence-corrected chi connectivity index (χ0v) is 11.3. The van der Waals surface area contributed by atoms with Crippen LogP contribution in [0, 0.1) is 11.6 Å². The fraction of sp³-hybridized carbons (Fsp3) is 0.417. The fourth-order valence-corrected chi connectivity index (χ4v) is 3.84. The molecule has 1 atom stereocenters. The maximum absolute atomic E-state index is 13.6. The van der Waals surface area contributed by atoms with Gasteiger partial charge in [-0.2, -0.15) is 0 Å². The maximum Gasteiger partial charge on any atom is 0.251 e. The number of hydrogen-bond acceptors (Lipinski definition) is 4. The second-order valence-corrected chi connectivity index (χ2v) is 7.00. The molecule has 1 unspecified atom stereocenters. The van der Waals surface area contributed by atoms with Gasteiger partial charge in [-0.1, -0.05) is 0 Å². The number of nitrogens with two attached hydrogens (primary N) is 1. The summed E-state index contributed by atoms with van der Waals surface area (Å²) in [5.41, 5.74) is 4.42. The summed E-state index contributed by atoms with van der Waals surface area (Å²) >= 11 is 0. The quantitative estimate of drug-likeness (QED) is 0.873. The molecule has 1 aromatic carbocycles. The number of sulfone groups is 1. The minimum Gasteiger partial charge on any atom is -0.379 e. The maximum atomic E-state index is 13.6. The Labute approximate surface area is 115 Å². The predicted molar refractivity (Wildman–Crippen MR) is 70.2 cm³/mol. The smallest absolute Gasteiger partial charge is 0.251 e. The van der Waals surface area contributed by atoms with Crippen molar-refractivity contribution >= 4 is 21.4 Å². The molecule has 0 aromatic heterocycles. The van der Waals surface area contributed by atoms with Crippen LogP contribution in [0.3, 0.4) is 0 Å². The van der Waals surface area contributed by atoms with E-state index in [9.17, 15) is 22.0 Å². The summed E-state index contributed by atoms with van der Waals surface area (Å²) in [6.45, 7) is 0. The number of nitrogens with one attached hydrogen (secondary N) is 1. The van der Waals surface area contributed by atoms with Crippen molar-refractivity contribution in [2.45, 2.75) is 18.9 Å². The molecule has 0 radical (unpaired) electrons. The molecule has 1 aliphatic rings. The van der Waals surface area contributed by atoms with Crippen LogP contribution in [0.4, 0.5) is 14.5 Å². The summed E-state index contributed by atoms with van der Waals surface area (Å²) in [6, 6.07) is 1.06. The van der Waals surface area contributed by atoms with Crippen LogP contribution in [0.15, 0.2) is 12.1 Å². The molecule has 8 heteroatoms. The van der Waals surface area contributed by atoms with Crippen molar-refractivity contribution in [1.29, 1.82) is 0 Å². The van der Waals surface area contributed by atoms with E-state index in [2.05, 4.69) is 5.32 Å². The fourth-order valence-electron chi connectivity index (χ4n) is 2.21. The molecular weight excluding hydrogens is 290 g/mol. The van der Waals surface area contributed by atoms with Gasteiger partial charge < -0.3 is 11.1 Å². The number of rotatable bonds is 3. The van der Waals surface area contributed by atoms with Gasteiger partial charge in [-0.15, -0.1) is 0 Å². The normalized spacial score (nSPS) is 21.4. The molecule has 2 rings (SSSR count). The Morgan fingerprint density at radius 2 is 2.00 bits per heavy atom. The lowest BCUT2D eigenvalue weighted by atomic mass is 10.1. The third-order valence-corrected chi connectivity index (χ3v) is 4.97. The SMILES string of the molecule is NC(=O)c1cc(NC2CCCS(=O)(=O)C2)c(F)cc1F. The molecule has 0 saturated carbocycles. The highest BCUT2D eigenvalue weighted by Crippen LogP contribution is 2.23. The highest BCUT2D eigenvalue weighted by Gasteiger charge is 2.25. The summed E-state index contributed by atoms with van der Waals surface area (Å²) in [5.74, 6) is -2.95. The lowest BCUT2D eigenvalue weighted by Gasteiger charge is -2.24. The molecule has 3 N–H and O–H groups in total. The minimum atomic E-state index is -3.15. The monoisotopic (exact) mass is 304 g/mol. The third kappa shape index (κ3) is 3.24. The molecule has 1 heterocycles. The Bertz CT molecular complexity index is 646. The van der Waals surface area contributed by atoms with Gasteiger partial charge in [-0.3, -0.25) is 4.79 Å². The van der Waals surface area contributed by atoms with E-state index in [1.54, 1.807) is 0 Å². The Balaban J connectivity index is 2.25. The lowest BCUT2D eigenvalue weighted by molar-refractivity contribution is 0.0996. The molecule has 110 valence electrons. The van der Waals surface area contributed by atoms with Crippen molar-refractivity contribution in [3.8, 4) is 0 Å². The van der Waals surface area contributed by atoms with E-state index in [1.165, 1.54) is 0 Å². The highest BCUT2D eigenvalue weighted by atomic mass is 32.2. The van der Waals surface area contributed by atoms with E-state index in [-0.39, 0.29) is 17.2 Å². The number of anilines is 1. The molecule has 1 amide bonds. The van der Waals surface area contributed by atoms with E-state index in [4.69, 9.17) is 5.73 Å². The Hall–Kier alpha value is -1.70. The van der Waals surface area contributed by atoms with Crippen LogP contribution in [0.2, 0.25) is 0 Å². The number of primary amides is 1. The van der Waals surface area contributed by atoms with Crippen LogP contribution < -0.4 is 11.1 Å². The summed E-state index contributed by atoms with van der Waals surface area (Å²) in [5, 5.41) is 2.70. The predicted octanol–water partition coefficient (Wildman–Crippen LogP) is 1.05. The Kier molecular flexibility index (Phi) is 3.94. The van der Waals surface area contributed by atoms with Gasteiger partial charge >= 0.3 is 0 Å². The van der Waals surface area contributed by atoms with Crippen molar-refractivity contribution in [3.63, 3.8) is 0 Å². The van der Waals surface area contributed by atoms with Gasteiger partial charge in [0.05, 0.1) is 22.8 Å². The third-order valence-electron chi connectivity index (χ3n) is 3.14. The lowest BCUT2D eigenvalue weighted by Crippen LogP contribution is -2.35. The second-order valence-electron chi connectivity index (χ2n) is 4.77. The first-order chi connectivity index (χ1) is 9.28. The summed E-state index contributed by atoms with van der Waals surface area (Å²) in [6.07, 6.45) is 1.04. The van der Waals surface area contributed by atoms with Crippen LogP contribution in [-0.2, 0) is 9.84 Å². The molecule has 0 spiro atoms. The van der Waals surface area contributed by atoms with E-state index in [0.717, 1.165) is 6.07 Å². The molecule has 5 nitrogen and oxygen atoms in total. The average Bonchev–Trinajstić information content (AvgIpc) is 2.31. The minimum absolute atomic E-state index is 0.115. The molecule has 0 aliphatic carbocycles. The van der Waals surface area contributed by atoms with Crippen LogP contribution in [0.5, 0.6) is 0 Å². The van der Waals surface area contributed by atoms with Crippen molar-refractivity contribution in [2.24, 2.45) is 5.73 Å². The first-order valence-electron chi connectivity index (χ1n) is 6.04. The topological polar surface area (TPSA) is 89.3 Å². The van der Waals surface area contributed by atoms with E-state index < -0.39 is 39.0 Å². The zero-order chi connectivity index (χ0) is 14.9. The van der Waals surface area contributed by atoms with Gasteiger partial charge in [0.2, 0.25) is 0 Å². The van der Waals surface area contributed by atoms with Gasteiger partial charge in [0, 0.05) is 12.1 Å². The molecule has 1 fully saturated rings. The molecule has 0 bridgehead atoms. The van der Waals surface area contributed by atoms with Crippen LogP contribution in [0.25, 0.3) is 0 Å². The first-order valence-corrected chi connectivity index (χ1v) is 7.86. The summed E-state index contributed by atoms with van der Waals surface area (Å²) in [7, 11) is -3.15. The van der Waals surface area contributed by atoms with Crippen LogP contribution in [0.1, 0.15) is 23.2 Å². The molecular formula is C12H14F2N2O3S. The standard InChI is InChI=1S/C12H14F2N2O3S/c13-9-5-10(14)11(4-8(9)12(15)17)16-7-2-1-3-20(18,19)6-7/h4-5,7,16H,1-3,6H2,(H2,15,17). The number of carbonyl (C=O) groups excluding carboxylic acids is 1. The van der Waals surface area contributed by atoms with Gasteiger partial charge in [-0.25, -0.2) is 17.2 Å². The van der Waals surface area contributed by atoms with Gasteiger partial charge in [-0.05, 0) is 18.9 Å². The van der Waals surface area contributed by atoms with Crippen molar-refractivity contribution in [2.75, 3.05) is 16.8 Å². The molecule has 20 heavy (non-hydrogen) atoms. The Morgan fingerprint density at radius 1 is 1.30 bits per heavy atom. The summed E-state index contributed by atoms with van der Waals surface area (Å²) < 4.78 is 50.0. The number of amides is 1. The number of hydrogen-bond donors (Lipinski definition) is 2. The van der Waals surface area contributed by atoms with Crippen LogP contribution >= 0.6 is 0 Å². The molecule has 1 aliphatic heterocycles. The van der Waals surface area contributed by atoms with Gasteiger partial charge in [0.1, 0.15) is 11.6 Å². The van der Waals surface area contributed by atoms with Crippen molar-refractivity contribution in [1.82, 2.24) is 0 Å². The van der Waals surface area contributed by atoms with Crippen molar-refractivity contribution < 1.29 is 22.0 Å². The highest BCUT2D eigenvalue weighted by molar-refractivity contribution is 7.91. The largest absolute Gasteiger partial charge is 0.379 e. The van der Waals surface area contributed by atoms with Crippen LogP contribution in [-0.4, -0.2) is 31.9 Å². The van der Waals surface area contributed by atoms with Gasteiger partial charge in [0.15, 0.2) is 9.84 Å². The van der Waals surface area contributed by atoms with E-state index in [0.29, 0.717) is 18.9 Å². The number of halogens is 2. The van der Waals surface area contributed by atoms with E-state index in [1.807, 2.05) is 0 Å². The van der Waals surface area contributed by atoms with Crippen molar-refractivity contribution in [3.05, 3.63) is 29.3 Å². The number of carbonyl (C=O) groups is 1. The molecule has 1 aromatic rings. The number of benzene rings is 1. The average molecular weight is 304 g/mol. The summed E-state index contributed by atoms with van der Waals surface area (Å²) in [4.78, 5) is 11.0. The Morgan fingerprint density at radius 3 is 2.60 bits per heavy atom. The van der Waals surface area contributed by atoms with E-state index >= 15 is 0 Å². The first kappa shape index (κ1) is 14.7. The zero-order valence-electron chi connectivity index (χ0n) is 10.5.